The van der Waals surface area contributed by atoms with Crippen LogP contribution in [-0.4, -0.2) is 122 Å². The molecule has 1 saturated heterocycles. The number of likely N-dealkylation sites (tertiary alicyclic amines) is 1. The normalized spacial score (nSPS) is 16.2. The number of carboxylic acids is 2. The van der Waals surface area contributed by atoms with Gasteiger partial charge in [0.1, 0.15) is 47.8 Å². The van der Waals surface area contributed by atoms with Gasteiger partial charge < -0.3 is 57.6 Å². The molecule has 7 atom stereocenters. The van der Waals surface area contributed by atoms with Crippen molar-refractivity contribution in [1.82, 2.24) is 31.5 Å². The highest BCUT2D eigenvalue weighted by Crippen LogP contribution is 2.22. The highest BCUT2D eigenvalue weighted by Gasteiger charge is 2.40. The van der Waals surface area contributed by atoms with Gasteiger partial charge in [0.25, 0.3) is 0 Å². The number of carboxylic acid groups (broad SMARTS) is 2. The summed E-state index contributed by atoms with van der Waals surface area (Å²) >= 11 is 0. The number of rotatable bonds is 23. The Morgan fingerprint density at radius 2 is 1.08 bits per heavy atom. The van der Waals surface area contributed by atoms with E-state index in [0.717, 1.165) is 0 Å². The third-order valence-corrected chi connectivity index (χ3v) is 10.8. The summed E-state index contributed by atoms with van der Waals surface area (Å²) in [6, 6.07) is 11.7. The number of nitrogens with one attached hydrogen (secondary N) is 5. The van der Waals surface area contributed by atoms with Crippen molar-refractivity contribution in [3.8, 4) is 11.5 Å². The standard InChI is InChI=1S/C46H59N7O12/c1-26(2)22-37(46(64)65)52-41(59)33(19-20-39(56)57)48-44(62)38-10-7-21-53(38)45(63)36(25-30-13-17-32(55)18-14-30)51-43(61)35(23-28-8-5-4-6-9-28)50-42(60)34(49-40(58)27(3)47)24-29-11-15-31(54)16-12-29/h4-6,8-9,11-18,26-27,33-38,54-55H,7,10,19-25,47H2,1-3H3,(H,48,62)(H,49,58)(H,50,60)(H,51,61)(H,52,59)(H,56,57)(H,64,65)/t27-,33-,34-,35-,36-,37-,38-/m0/s1. The number of nitrogens with two attached hydrogens (primary N) is 1. The summed E-state index contributed by atoms with van der Waals surface area (Å²) in [6.07, 6.45) is -0.593. The molecule has 350 valence electrons. The van der Waals surface area contributed by atoms with Gasteiger partial charge >= 0.3 is 11.9 Å². The van der Waals surface area contributed by atoms with Gasteiger partial charge in [-0.05, 0) is 79.5 Å². The summed E-state index contributed by atoms with van der Waals surface area (Å²) in [6.45, 7) is 5.02. The summed E-state index contributed by atoms with van der Waals surface area (Å²) in [5.74, 6) is -7.34. The third-order valence-electron chi connectivity index (χ3n) is 10.8. The van der Waals surface area contributed by atoms with Gasteiger partial charge in [-0.1, -0.05) is 68.4 Å². The number of phenolic OH excluding ortho intramolecular Hbond substituents is 2. The number of benzene rings is 3. The molecular weight excluding hydrogens is 843 g/mol. The zero-order chi connectivity index (χ0) is 47.8. The van der Waals surface area contributed by atoms with Gasteiger partial charge in [-0.3, -0.25) is 33.6 Å². The summed E-state index contributed by atoms with van der Waals surface area (Å²) in [7, 11) is 0. The molecule has 6 amide bonds. The Labute approximate surface area is 376 Å². The van der Waals surface area contributed by atoms with Crippen LogP contribution >= 0.6 is 0 Å². The molecule has 0 spiro atoms. The van der Waals surface area contributed by atoms with Gasteiger partial charge in [-0.15, -0.1) is 0 Å². The lowest BCUT2D eigenvalue weighted by Gasteiger charge is -2.31. The number of amides is 6. The van der Waals surface area contributed by atoms with E-state index in [2.05, 4.69) is 26.6 Å². The summed E-state index contributed by atoms with van der Waals surface area (Å²) in [5.41, 5.74) is 7.54. The van der Waals surface area contributed by atoms with Crippen molar-refractivity contribution in [3.63, 3.8) is 0 Å². The van der Waals surface area contributed by atoms with Crippen molar-refractivity contribution >= 4 is 47.4 Å². The molecule has 0 radical (unpaired) electrons. The van der Waals surface area contributed by atoms with Crippen LogP contribution in [0.1, 0.15) is 69.6 Å². The molecule has 3 aromatic rings. The average molecular weight is 902 g/mol. The number of carbonyl (C=O) groups excluding carboxylic acids is 6. The van der Waals surface area contributed by atoms with E-state index in [0.29, 0.717) is 23.1 Å². The molecule has 11 N–H and O–H groups in total. The van der Waals surface area contributed by atoms with Crippen LogP contribution < -0.4 is 32.3 Å². The fourth-order valence-electron chi connectivity index (χ4n) is 7.32. The van der Waals surface area contributed by atoms with Crippen LogP contribution in [-0.2, 0) is 57.6 Å². The number of nitrogens with zero attached hydrogens (tertiary/aromatic N) is 1. The molecule has 65 heavy (non-hydrogen) atoms. The van der Waals surface area contributed by atoms with E-state index in [1.807, 2.05) is 0 Å². The zero-order valence-corrected chi connectivity index (χ0v) is 36.6. The molecule has 0 saturated carbocycles. The number of aliphatic carboxylic acids is 2. The minimum atomic E-state index is -1.46. The highest BCUT2D eigenvalue weighted by atomic mass is 16.4. The van der Waals surface area contributed by atoms with Crippen LogP contribution in [0.5, 0.6) is 11.5 Å². The first-order valence-corrected chi connectivity index (χ1v) is 21.4. The summed E-state index contributed by atoms with van der Waals surface area (Å²) in [4.78, 5) is 108. The largest absolute Gasteiger partial charge is 0.508 e. The van der Waals surface area contributed by atoms with E-state index >= 15 is 0 Å². The lowest BCUT2D eigenvalue weighted by Crippen LogP contribution is -2.60. The van der Waals surface area contributed by atoms with E-state index in [1.165, 1.54) is 36.1 Å². The molecule has 1 aliphatic heterocycles. The SMILES string of the molecule is CC(C)C[C@H](NC(=O)[C@H](CCC(=O)O)NC(=O)[C@@H]1CCCN1C(=O)[C@H](Cc1ccc(O)cc1)NC(=O)[C@H](Cc1ccccc1)NC(=O)[C@H](Cc1ccc(O)cc1)NC(=O)[C@H](C)N)C(=O)O. The van der Waals surface area contributed by atoms with Gasteiger partial charge in [-0.25, -0.2) is 4.79 Å². The molecule has 1 fully saturated rings. The second kappa shape index (κ2) is 24.2. The molecular formula is C46H59N7O12. The molecule has 19 heteroatoms. The summed E-state index contributed by atoms with van der Waals surface area (Å²) < 4.78 is 0. The van der Waals surface area contributed by atoms with Crippen molar-refractivity contribution in [2.75, 3.05) is 6.54 Å². The Hall–Kier alpha value is -7.02. The molecule has 4 rings (SSSR count). The van der Waals surface area contributed by atoms with Crippen LogP contribution in [0.4, 0.5) is 0 Å². The second-order valence-electron chi connectivity index (χ2n) is 16.6. The molecule has 0 bridgehead atoms. The maximum atomic E-state index is 14.6. The first kappa shape index (κ1) is 50.6. The third kappa shape index (κ3) is 15.9. The van der Waals surface area contributed by atoms with Gasteiger partial charge in [0.2, 0.25) is 35.4 Å². The van der Waals surface area contributed by atoms with Crippen molar-refractivity contribution in [3.05, 3.63) is 95.6 Å². The predicted octanol–water partition coefficient (Wildman–Crippen LogP) is 0.883. The minimum Gasteiger partial charge on any atom is -0.508 e. The summed E-state index contributed by atoms with van der Waals surface area (Å²) in [5, 5.41) is 51.9. The maximum Gasteiger partial charge on any atom is 0.326 e. The highest BCUT2D eigenvalue weighted by molar-refractivity contribution is 5.97. The number of carbonyl (C=O) groups is 8. The van der Waals surface area contributed by atoms with Crippen molar-refractivity contribution in [2.45, 2.75) is 114 Å². The van der Waals surface area contributed by atoms with E-state index < -0.39 is 96.1 Å². The van der Waals surface area contributed by atoms with Gasteiger partial charge in [0.15, 0.2) is 0 Å². The molecule has 0 aliphatic carbocycles. The lowest BCUT2D eigenvalue weighted by atomic mass is 10.0. The van der Waals surface area contributed by atoms with Crippen LogP contribution in [0.15, 0.2) is 78.9 Å². The van der Waals surface area contributed by atoms with E-state index in [9.17, 15) is 58.8 Å². The van der Waals surface area contributed by atoms with Crippen LogP contribution in [0.3, 0.4) is 0 Å². The van der Waals surface area contributed by atoms with Gasteiger partial charge in [0, 0.05) is 32.2 Å². The fraction of sp³-hybridized carbons (Fsp3) is 0.435. The van der Waals surface area contributed by atoms with Gasteiger partial charge in [0.05, 0.1) is 6.04 Å². The van der Waals surface area contributed by atoms with Crippen LogP contribution in [0.2, 0.25) is 0 Å². The monoisotopic (exact) mass is 901 g/mol. The Kier molecular flexibility index (Phi) is 18.8. The number of hydrogen-bond donors (Lipinski definition) is 10. The second-order valence-corrected chi connectivity index (χ2v) is 16.6. The number of hydrogen-bond acceptors (Lipinski definition) is 11. The van der Waals surface area contributed by atoms with E-state index in [4.69, 9.17) is 5.73 Å². The Balaban J connectivity index is 1.63. The average Bonchev–Trinajstić information content (AvgIpc) is 3.76. The Morgan fingerprint density at radius 3 is 1.57 bits per heavy atom. The topological polar surface area (TPSA) is 307 Å². The van der Waals surface area contributed by atoms with Gasteiger partial charge in [-0.2, -0.15) is 0 Å². The van der Waals surface area contributed by atoms with Crippen molar-refractivity contribution < 1.29 is 58.8 Å². The number of aromatic hydroxyl groups is 2. The zero-order valence-electron chi connectivity index (χ0n) is 36.6. The van der Waals surface area contributed by atoms with Crippen LogP contribution in [0, 0.1) is 5.92 Å². The molecule has 0 aromatic heterocycles. The quantitative estimate of drug-likeness (QED) is 0.0633. The predicted molar refractivity (Wildman–Crippen MR) is 236 cm³/mol. The van der Waals surface area contributed by atoms with E-state index in [-0.39, 0.29) is 62.5 Å². The van der Waals surface area contributed by atoms with Crippen molar-refractivity contribution in [1.29, 1.82) is 0 Å². The molecule has 1 heterocycles. The first-order chi connectivity index (χ1) is 30.8. The minimum absolute atomic E-state index is 0.0122. The number of phenols is 2. The molecule has 0 unspecified atom stereocenters. The first-order valence-electron chi connectivity index (χ1n) is 21.4. The Morgan fingerprint density at radius 1 is 0.615 bits per heavy atom. The lowest BCUT2D eigenvalue weighted by molar-refractivity contribution is -0.144. The fourth-order valence-corrected chi connectivity index (χ4v) is 7.32. The maximum absolute atomic E-state index is 14.6. The van der Waals surface area contributed by atoms with Crippen LogP contribution in [0.25, 0.3) is 0 Å². The molecule has 1 aliphatic rings. The van der Waals surface area contributed by atoms with E-state index in [1.54, 1.807) is 68.4 Å². The van der Waals surface area contributed by atoms with Crippen molar-refractivity contribution in [2.24, 2.45) is 11.7 Å². The Bertz CT molecular complexity index is 2130. The molecule has 3 aromatic carbocycles. The smallest absolute Gasteiger partial charge is 0.326 e. The molecule has 19 nitrogen and oxygen atoms in total.